The van der Waals surface area contributed by atoms with Gasteiger partial charge in [0.2, 0.25) is 5.91 Å². The normalized spacial score (nSPS) is 18.9. The number of amides is 1. The summed E-state index contributed by atoms with van der Waals surface area (Å²) in [6, 6.07) is 16.1. The second kappa shape index (κ2) is 7.36. The first kappa shape index (κ1) is 18.6. The molecule has 2 unspecified atom stereocenters. The standard InChI is InChI=1S/C22H23N3O2S/c1-13-8-5-6-11-18(13)25-21-19(14(2)24-25)20(28-15(3)22(26)23-21)16-9-7-10-17(12-16)27-4/h5-12,15,20H,1-4H3,(H,23,26). The number of hydrogen-bond acceptors (Lipinski definition) is 4. The van der Waals surface area contributed by atoms with E-state index in [2.05, 4.69) is 11.4 Å². The zero-order chi connectivity index (χ0) is 19.8. The number of aromatic nitrogens is 2. The molecule has 1 amide bonds. The maximum absolute atomic E-state index is 12.8. The molecule has 0 spiro atoms. The fourth-order valence-electron chi connectivity index (χ4n) is 3.55. The minimum atomic E-state index is -0.187. The Morgan fingerprint density at radius 2 is 1.93 bits per heavy atom. The van der Waals surface area contributed by atoms with Gasteiger partial charge in [-0.1, -0.05) is 30.3 Å². The van der Waals surface area contributed by atoms with Gasteiger partial charge in [0.15, 0.2) is 0 Å². The predicted molar refractivity (Wildman–Crippen MR) is 114 cm³/mol. The van der Waals surface area contributed by atoms with Crippen molar-refractivity contribution in [3.05, 3.63) is 70.9 Å². The molecule has 0 saturated carbocycles. The SMILES string of the molecule is COc1cccc(C2SC(C)C(=O)Nc3c2c(C)nn3-c2ccccc2C)c1. The molecule has 5 nitrogen and oxygen atoms in total. The highest BCUT2D eigenvalue weighted by atomic mass is 32.2. The Bertz CT molecular complexity index is 1040. The Kier molecular flexibility index (Phi) is 4.89. The monoisotopic (exact) mass is 393 g/mol. The van der Waals surface area contributed by atoms with Gasteiger partial charge >= 0.3 is 0 Å². The van der Waals surface area contributed by atoms with E-state index in [0.29, 0.717) is 0 Å². The van der Waals surface area contributed by atoms with Crippen molar-refractivity contribution in [2.45, 2.75) is 31.3 Å². The fourth-order valence-corrected chi connectivity index (χ4v) is 4.86. The smallest absolute Gasteiger partial charge is 0.238 e. The van der Waals surface area contributed by atoms with Gasteiger partial charge in [0.25, 0.3) is 0 Å². The molecule has 0 radical (unpaired) electrons. The van der Waals surface area contributed by atoms with Gasteiger partial charge in [0.05, 0.1) is 29.0 Å². The largest absolute Gasteiger partial charge is 0.497 e. The number of ether oxygens (including phenoxy) is 1. The number of hydrogen-bond donors (Lipinski definition) is 1. The summed E-state index contributed by atoms with van der Waals surface area (Å²) in [6.07, 6.45) is 0. The van der Waals surface area contributed by atoms with Crippen molar-refractivity contribution < 1.29 is 9.53 Å². The molecule has 0 saturated heterocycles. The van der Waals surface area contributed by atoms with Crippen LogP contribution in [0.3, 0.4) is 0 Å². The van der Waals surface area contributed by atoms with E-state index in [-0.39, 0.29) is 16.4 Å². The molecule has 2 aromatic carbocycles. The Morgan fingerprint density at radius 3 is 2.68 bits per heavy atom. The molecule has 28 heavy (non-hydrogen) atoms. The Morgan fingerprint density at radius 1 is 1.14 bits per heavy atom. The van der Waals surface area contributed by atoms with E-state index in [1.165, 1.54) is 0 Å². The fraction of sp³-hybridized carbons (Fsp3) is 0.273. The molecule has 0 aliphatic carbocycles. The van der Waals surface area contributed by atoms with Crippen LogP contribution in [0.2, 0.25) is 0 Å². The topological polar surface area (TPSA) is 56.1 Å². The second-order valence-corrected chi connectivity index (χ2v) is 8.42. The lowest BCUT2D eigenvalue weighted by Crippen LogP contribution is -2.22. The van der Waals surface area contributed by atoms with Crippen LogP contribution in [0.4, 0.5) is 5.82 Å². The van der Waals surface area contributed by atoms with Crippen molar-refractivity contribution in [1.82, 2.24) is 9.78 Å². The molecule has 1 aliphatic heterocycles. The maximum atomic E-state index is 12.8. The van der Waals surface area contributed by atoms with Gasteiger partial charge in [-0.3, -0.25) is 4.79 Å². The third-order valence-electron chi connectivity index (χ3n) is 5.06. The number of carbonyl (C=O) groups is 1. The maximum Gasteiger partial charge on any atom is 0.238 e. The summed E-state index contributed by atoms with van der Waals surface area (Å²) in [5, 5.41) is 7.72. The number of benzene rings is 2. The van der Waals surface area contributed by atoms with E-state index in [9.17, 15) is 4.79 Å². The van der Waals surface area contributed by atoms with Crippen LogP contribution in [-0.4, -0.2) is 28.0 Å². The molecule has 0 fully saturated rings. The molecule has 6 heteroatoms. The van der Waals surface area contributed by atoms with Crippen LogP contribution >= 0.6 is 11.8 Å². The number of nitrogens with one attached hydrogen (secondary N) is 1. The average molecular weight is 394 g/mol. The lowest BCUT2D eigenvalue weighted by molar-refractivity contribution is -0.115. The van der Waals surface area contributed by atoms with Gasteiger partial charge in [0, 0.05) is 5.56 Å². The second-order valence-electron chi connectivity index (χ2n) is 6.97. The summed E-state index contributed by atoms with van der Waals surface area (Å²) >= 11 is 1.64. The number of thioether (sulfide) groups is 1. The van der Waals surface area contributed by atoms with E-state index in [4.69, 9.17) is 9.84 Å². The molecule has 144 valence electrons. The molecule has 2 atom stereocenters. The highest BCUT2D eigenvalue weighted by molar-refractivity contribution is 8.01. The van der Waals surface area contributed by atoms with Crippen LogP contribution in [0.5, 0.6) is 5.75 Å². The molecular formula is C22H23N3O2S. The number of fused-ring (bicyclic) bond motifs is 1. The van der Waals surface area contributed by atoms with E-state index in [0.717, 1.165) is 39.6 Å². The minimum Gasteiger partial charge on any atom is -0.497 e. The molecule has 1 aromatic heterocycles. The zero-order valence-corrected chi connectivity index (χ0v) is 17.2. The average Bonchev–Trinajstić information content (AvgIpc) is 2.94. The molecule has 2 heterocycles. The number of nitrogens with zero attached hydrogens (tertiary/aromatic N) is 2. The van der Waals surface area contributed by atoms with Gasteiger partial charge in [-0.2, -0.15) is 5.10 Å². The lowest BCUT2D eigenvalue weighted by atomic mass is 10.0. The Balaban J connectivity index is 1.93. The summed E-state index contributed by atoms with van der Waals surface area (Å²) in [5.41, 5.74) is 5.12. The van der Waals surface area contributed by atoms with Crippen molar-refractivity contribution in [3.8, 4) is 11.4 Å². The van der Waals surface area contributed by atoms with Crippen molar-refractivity contribution in [2.75, 3.05) is 12.4 Å². The van der Waals surface area contributed by atoms with E-state index >= 15 is 0 Å². The van der Waals surface area contributed by atoms with Crippen LogP contribution < -0.4 is 10.1 Å². The number of para-hydroxylation sites is 1. The Hall–Kier alpha value is -2.73. The van der Waals surface area contributed by atoms with Crippen LogP contribution in [0, 0.1) is 13.8 Å². The van der Waals surface area contributed by atoms with E-state index in [1.54, 1.807) is 18.9 Å². The third-order valence-corrected chi connectivity index (χ3v) is 6.46. The molecule has 4 rings (SSSR count). The zero-order valence-electron chi connectivity index (χ0n) is 16.4. The number of anilines is 1. The summed E-state index contributed by atoms with van der Waals surface area (Å²) in [4.78, 5) is 12.8. The first-order chi connectivity index (χ1) is 13.5. The number of aryl methyl sites for hydroxylation is 2. The summed E-state index contributed by atoms with van der Waals surface area (Å²) in [5.74, 6) is 1.55. The van der Waals surface area contributed by atoms with Crippen LogP contribution in [0.25, 0.3) is 5.69 Å². The van der Waals surface area contributed by atoms with Crippen LogP contribution in [0.1, 0.15) is 34.6 Å². The van der Waals surface area contributed by atoms with E-state index in [1.807, 2.05) is 67.9 Å². The summed E-state index contributed by atoms with van der Waals surface area (Å²) in [6.45, 7) is 6.00. The summed E-state index contributed by atoms with van der Waals surface area (Å²) < 4.78 is 7.29. The van der Waals surface area contributed by atoms with Crippen molar-refractivity contribution >= 4 is 23.5 Å². The van der Waals surface area contributed by atoms with Gasteiger partial charge in [-0.15, -0.1) is 11.8 Å². The third kappa shape index (κ3) is 3.18. The molecule has 0 bridgehead atoms. The molecule has 1 aliphatic rings. The van der Waals surface area contributed by atoms with Crippen molar-refractivity contribution in [2.24, 2.45) is 0 Å². The number of carbonyl (C=O) groups excluding carboxylic acids is 1. The van der Waals surface area contributed by atoms with Crippen LogP contribution in [0.15, 0.2) is 48.5 Å². The first-order valence-corrected chi connectivity index (χ1v) is 10.2. The van der Waals surface area contributed by atoms with Crippen LogP contribution in [-0.2, 0) is 4.79 Å². The highest BCUT2D eigenvalue weighted by Crippen LogP contribution is 2.46. The number of methoxy groups -OCH3 is 1. The van der Waals surface area contributed by atoms with Gasteiger partial charge < -0.3 is 10.1 Å². The lowest BCUT2D eigenvalue weighted by Gasteiger charge is -2.18. The molecular weight excluding hydrogens is 370 g/mol. The Labute approximate surface area is 169 Å². The van der Waals surface area contributed by atoms with Crippen molar-refractivity contribution in [3.63, 3.8) is 0 Å². The quantitative estimate of drug-likeness (QED) is 0.703. The minimum absolute atomic E-state index is 0.00798. The van der Waals surface area contributed by atoms with Gasteiger partial charge in [-0.05, 0) is 50.1 Å². The van der Waals surface area contributed by atoms with Crippen molar-refractivity contribution in [1.29, 1.82) is 0 Å². The first-order valence-electron chi connectivity index (χ1n) is 9.25. The van der Waals surface area contributed by atoms with Gasteiger partial charge in [0.1, 0.15) is 11.6 Å². The summed E-state index contributed by atoms with van der Waals surface area (Å²) in [7, 11) is 1.67. The van der Waals surface area contributed by atoms with E-state index < -0.39 is 0 Å². The molecule has 3 aromatic rings. The molecule has 1 N–H and O–H groups in total. The predicted octanol–water partition coefficient (Wildman–Crippen LogP) is 4.66. The highest BCUT2D eigenvalue weighted by Gasteiger charge is 2.34. The number of rotatable bonds is 3. The van der Waals surface area contributed by atoms with Gasteiger partial charge in [-0.25, -0.2) is 4.68 Å².